The van der Waals surface area contributed by atoms with Gasteiger partial charge in [0, 0.05) is 24.0 Å². The topological polar surface area (TPSA) is 66.9 Å². The molecule has 1 aromatic carbocycles. The summed E-state index contributed by atoms with van der Waals surface area (Å²) in [5.41, 5.74) is 2.86. The van der Waals surface area contributed by atoms with E-state index in [-0.39, 0.29) is 12.3 Å². The van der Waals surface area contributed by atoms with Gasteiger partial charge < -0.3 is 10.6 Å². The van der Waals surface area contributed by atoms with E-state index in [1.165, 1.54) is 0 Å². The molecule has 0 saturated carbocycles. The SMILES string of the molecule is O=C(Cc1ccc(Cl)cc1)Nc1ccc(NCc2cccnc2)cn1. The first-order valence-corrected chi connectivity index (χ1v) is 8.20. The highest BCUT2D eigenvalue weighted by Crippen LogP contribution is 2.13. The number of anilines is 2. The van der Waals surface area contributed by atoms with Crippen LogP contribution in [0.2, 0.25) is 5.02 Å². The van der Waals surface area contributed by atoms with Gasteiger partial charge in [-0.2, -0.15) is 0 Å². The molecule has 0 unspecified atom stereocenters. The van der Waals surface area contributed by atoms with Crippen molar-refractivity contribution >= 4 is 29.0 Å². The van der Waals surface area contributed by atoms with Gasteiger partial charge in [-0.3, -0.25) is 9.78 Å². The summed E-state index contributed by atoms with van der Waals surface area (Å²) in [5, 5.41) is 6.70. The molecule has 0 aliphatic rings. The molecule has 0 radical (unpaired) electrons. The van der Waals surface area contributed by atoms with Crippen LogP contribution in [0.25, 0.3) is 0 Å². The van der Waals surface area contributed by atoms with Gasteiger partial charge in [0.2, 0.25) is 5.91 Å². The predicted octanol–water partition coefficient (Wildman–Crippen LogP) is 3.92. The first-order chi connectivity index (χ1) is 12.2. The Labute approximate surface area is 151 Å². The number of carbonyl (C=O) groups excluding carboxylic acids is 1. The summed E-state index contributed by atoms with van der Waals surface area (Å²) in [5.74, 6) is 0.400. The number of hydrogen-bond donors (Lipinski definition) is 2. The van der Waals surface area contributed by atoms with Crippen LogP contribution >= 0.6 is 11.6 Å². The second kappa shape index (κ2) is 8.26. The van der Waals surface area contributed by atoms with Crippen LogP contribution in [0.3, 0.4) is 0 Å². The van der Waals surface area contributed by atoms with E-state index in [2.05, 4.69) is 20.6 Å². The van der Waals surface area contributed by atoms with E-state index in [1.54, 1.807) is 30.6 Å². The van der Waals surface area contributed by atoms with Crippen molar-refractivity contribution < 1.29 is 4.79 Å². The summed E-state index contributed by atoms with van der Waals surface area (Å²) in [6.07, 6.45) is 5.52. The molecule has 2 heterocycles. The van der Waals surface area contributed by atoms with Crippen LogP contribution in [0.15, 0.2) is 67.1 Å². The quantitative estimate of drug-likeness (QED) is 0.705. The predicted molar refractivity (Wildman–Crippen MR) is 99.6 cm³/mol. The van der Waals surface area contributed by atoms with E-state index in [0.29, 0.717) is 17.4 Å². The Morgan fingerprint density at radius 1 is 1.00 bits per heavy atom. The Bertz CT molecular complexity index is 820. The van der Waals surface area contributed by atoms with Crippen molar-refractivity contribution in [3.8, 4) is 0 Å². The van der Waals surface area contributed by atoms with Gasteiger partial charge in [-0.15, -0.1) is 0 Å². The summed E-state index contributed by atoms with van der Waals surface area (Å²) < 4.78 is 0. The fourth-order valence-electron chi connectivity index (χ4n) is 2.25. The first-order valence-electron chi connectivity index (χ1n) is 7.82. The molecule has 1 amide bonds. The molecular formula is C19H17ClN4O. The zero-order valence-corrected chi connectivity index (χ0v) is 14.2. The molecule has 0 aliphatic carbocycles. The molecule has 25 heavy (non-hydrogen) atoms. The van der Waals surface area contributed by atoms with Crippen LogP contribution in [-0.2, 0) is 17.8 Å². The van der Waals surface area contributed by atoms with Crippen molar-refractivity contribution in [3.63, 3.8) is 0 Å². The number of benzene rings is 1. The minimum absolute atomic E-state index is 0.120. The van der Waals surface area contributed by atoms with E-state index in [4.69, 9.17) is 11.6 Å². The fourth-order valence-corrected chi connectivity index (χ4v) is 2.38. The molecule has 126 valence electrons. The Hall–Kier alpha value is -2.92. The maximum absolute atomic E-state index is 12.1. The highest BCUT2D eigenvalue weighted by Gasteiger charge is 2.05. The number of nitrogens with one attached hydrogen (secondary N) is 2. The molecule has 2 aromatic heterocycles. The minimum Gasteiger partial charge on any atom is -0.380 e. The van der Waals surface area contributed by atoms with Crippen molar-refractivity contribution in [1.29, 1.82) is 0 Å². The third-order valence-electron chi connectivity index (χ3n) is 3.53. The molecule has 3 aromatic rings. The second-order valence-corrected chi connectivity index (χ2v) is 5.93. The third kappa shape index (κ3) is 5.29. The molecule has 0 aliphatic heterocycles. The van der Waals surface area contributed by atoms with Gasteiger partial charge >= 0.3 is 0 Å². The molecule has 0 spiro atoms. The number of aromatic nitrogens is 2. The smallest absolute Gasteiger partial charge is 0.229 e. The number of nitrogens with zero attached hydrogens (tertiary/aromatic N) is 2. The van der Waals surface area contributed by atoms with Crippen molar-refractivity contribution in [3.05, 3.63) is 83.3 Å². The number of pyridine rings is 2. The molecule has 0 saturated heterocycles. The molecule has 6 heteroatoms. The van der Waals surface area contributed by atoms with Crippen molar-refractivity contribution in [2.24, 2.45) is 0 Å². The molecule has 0 fully saturated rings. The normalized spacial score (nSPS) is 10.3. The van der Waals surface area contributed by atoms with Crippen molar-refractivity contribution in [2.45, 2.75) is 13.0 Å². The second-order valence-electron chi connectivity index (χ2n) is 5.50. The lowest BCUT2D eigenvalue weighted by atomic mass is 10.1. The summed E-state index contributed by atoms with van der Waals surface area (Å²) in [7, 11) is 0. The monoisotopic (exact) mass is 352 g/mol. The van der Waals surface area contributed by atoms with E-state index >= 15 is 0 Å². The van der Waals surface area contributed by atoms with Crippen LogP contribution in [0, 0.1) is 0 Å². The van der Waals surface area contributed by atoms with E-state index < -0.39 is 0 Å². The van der Waals surface area contributed by atoms with Gasteiger partial charge in [-0.25, -0.2) is 4.98 Å². The molecule has 0 atom stereocenters. The van der Waals surface area contributed by atoms with E-state index in [0.717, 1.165) is 16.8 Å². The van der Waals surface area contributed by atoms with Crippen molar-refractivity contribution in [1.82, 2.24) is 9.97 Å². The van der Waals surface area contributed by atoms with Gasteiger partial charge in [0.25, 0.3) is 0 Å². The van der Waals surface area contributed by atoms with Crippen LogP contribution in [0.4, 0.5) is 11.5 Å². The Kier molecular flexibility index (Phi) is 5.59. The fraction of sp³-hybridized carbons (Fsp3) is 0.105. The number of amides is 1. The number of carbonyl (C=O) groups is 1. The lowest BCUT2D eigenvalue weighted by molar-refractivity contribution is -0.115. The highest BCUT2D eigenvalue weighted by atomic mass is 35.5. The Morgan fingerprint density at radius 2 is 1.84 bits per heavy atom. The third-order valence-corrected chi connectivity index (χ3v) is 3.78. The largest absolute Gasteiger partial charge is 0.380 e. The van der Waals surface area contributed by atoms with Crippen molar-refractivity contribution in [2.75, 3.05) is 10.6 Å². The van der Waals surface area contributed by atoms with Gasteiger partial charge in [-0.05, 0) is 41.5 Å². The van der Waals surface area contributed by atoms with Gasteiger partial charge in [0.1, 0.15) is 5.82 Å². The number of rotatable bonds is 6. The van der Waals surface area contributed by atoms with Crippen LogP contribution < -0.4 is 10.6 Å². The number of halogens is 1. The standard InChI is InChI=1S/C19H17ClN4O/c20-16-5-3-14(4-6-16)10-19(25)24-18-8-7-17(13-23-18)22-12-15-2-1-9-21-11-15/h1-9,11,13,22H,10,12H2,(H,23,24,25). The van der Waals surface area contributed by atoms with Crippen LogP contribution in [0.1, 0.15) is 11.1 Å². The Morgan fingerprint density at radius 3 is 2.52 bits per heavy atom. The highest BCUT2D eigenvalue weighted by molar-refractivity contribution is 6.30. The van der Waals surface area contributed by atoms with Gasteiger partial charge in [0.05, 0.1) is 18.3 Å². The lowest BCUT2D eigenvalue weighted by Crippen LogP contribution is -2.15. The maximum Gasteiger partial charge on any atom is 0.229 e. The molecule has 3 rings (SSSR count). The minimum atomic E-state index is -0.120. The number of hydrogen-bond acceptors (Lipinski definition) is 4. The van der Waals surface area contributed by atoms with Gasteiger partial charge in [-0.1, -0.05) is 29.8 Å². The Balaban J connectivity index is 1.51. The van der Waals surface area contributed by atoms with Crippen LogP contribution in [-0.4, -0.2) is 15.9 Å². The molecule has 5 nitrogen and oxygen atoms in total. The summed E-state index contributed by atoms with van der Waals surface area (Å²) in [6, 6.07) is 14.7. The average molecular weight is 353 g/mol. The zero-order chi connectivity index (χ0) is 17.5. The lowest BCUT2D eigenvalue weighted by Gasteiger charge is -2.08. The maximum atomic E-state index is 12.1. The zero-order valence-electron chi connectivity index (χ0n) is 13.4. The summed E-state index contributed by atoms with van der Waals surface area (Å²) >= 11 is 5.84. The van der Waals surface area contributed by atoms with E-state index in [1.807, 2.05) is 36.5 Å². The first kappa shape index (κ1) is 16.9. The van der Waals surface area contributed by atoms with Gasteiger partial charge in [0.15, 0.2) is 0 Å². The molecule has 0 bridgehead atoms. The van der Waals surface area contributed by atoms with Crippen LogP contribution in [0.5, 0.6) is 0 Å². The summed E-state index contributed by atoms with van der Waals surface area (Å²) in [4.78, 5) is 20.4. The molecular weight excluding hydrogens is 336 g/mol. The average Bonchev–Trinajstić information content (AvgIpc) is 2.64. The molecule has 2 N–H and O–H groups in total. The van der Waals surface area contributed by atoms with E-state index in [9.17, 15) is 4.79 Å². The summed E-state index contributed by atoms with van der Waals surface area (Å²) in [6.45, 7) is 0.664.